The van der Waals surface area contributed by atoms with Crippen molar-refractivity contribution >= 4 is 17.6 Å². The molecule has 0 saturated carbocycles. The minimum absolute atomic E-state index is 0.0125. The molecule has 2 amide bonds. The highest BCUT2D eigenvalue weighted by molar-refractivity contribution is 6.00. The zero-order chi connectivity index (χ0) is 24.9. The highest BCUT2D eigenvalue weighted by Gasteiger charge is 2.40. The lowest BCUT2D eigenvalue weighted by atomic mass is 9.95. The quantitative estimate of drug-likeness (QED) is 0.609. The van der Waals surface area contributed by atoms with Crippen LogP contribution in [0, 0.1) is 6.92 Å². The molecule has 2 aromatic heterocycles. The third-order valence-corrected chi connectivity index (χ3v) is 6.20. The van der Waals surface area contributed by atoms with E-state index in [1.54, 1.807) is 31.3 Å². The summed E-state index contributed by atoms with van der Waals surface area (Å²) in [7, 11) is 0. The topological polar surface area (TPSA) is 84.4 Å². The maximum Gasteiger partial charge on any atom is 0.418 e. The Kier molecular flexibility index (Phi) is 5.46. The van der Waals surface area contributed by atoms with Crippen molar-refractivity contribution in [2.75, 3.05) is 11.4 Å². The Bertz CT molecular complexity index is 1360. The molecule has 0 unspecified atom stereocenters. The first kappa shape index (κ1) is 22.8. The van der Waals surface area contributed by atoms with Crippen molar-refractivity contribution in [3.8, 4) is 17.0 Å². The molecule has 0 fully saturated rings. The van der Waals surface area contributed by atoms with Gasteiger partial charge in [-0.05, 0) is 49.6 Å². The molecule has 0 radical (unpaired) electrons. The fourth-order valence-corrected chi connectivity index (χ4v) is 4.33. The molecule has 0 bridgehead atoms. The zero-order valence-corrected chi connectivity index (χ0v) is 18.9. The molecule has 0 saturated heterocycles. The SMILES string of the molecule is Cc1ncccc1CN1C(=O)[C@@H](C)Oc2cc(C(F)(F)F)c(-c3ccc4c(c3)C(=O)NCC4)nc21. The Morgan fingerprint density at radius 2 is 2.00 bits per heavy atom. The largest absolute Gasteiger partial charge is 0.477 e. The molecule has 4 heterocycles. The zero-order valence-electron chi connectivity index (χ0n) is 18.9. The molecule has 3 aromatic rings. The standard InChI is InChI=1S/C25H21F3N4O3/c1-13-17(4-3-8-29-13)12-32-22-20(35-14(2)24(32)34)11-19(25(26,27)28)21(31-22)16-6-5-15-7-9-30-23(33)18(15)10-16/h3-6,8,10-11,14H,7,9,12H2,1-2H3,(H,30,33)/t14-/m1/s1. The van der Waals surface area contributed by atoms with Gasteiger partial charge in [-0.15, -0.1) is 0 Å². The van der Waals surface area contributed by atoms with Crippen LogP contribution in [0.15, 0.2) is 42.6 Å². The van der Waals surface area contributed by atoms with Crippen molar-refractivity contribution in [1.82, 2.24) is 15.3 Å². The summed E-state index contributed by atoms with van der Waals surface area (Å²) >= 11 is 0. The Balaban J connectivity index is 1.68. The summed E-state index contributed by atoms with van der Waals surface area (Å²) in [5, 5.41) is 2.70. The van der Waals surface area contributed by atoms with Crippen molar-refractivity contribution in [2.45, 2.75) is 39.1 Å². The van der Waals surface area contributed by atoms with Gasteiger partial charge in [-0.2, -0.15) is 13.2 Å². The number of carbonyl (C=O) groups is 2. The lowest BCUT2D eigenvalue weighted by Gasteiger charge is -2.33. The van der Waals surface area contributed by atoms with Gasteiger partial charge in [0, 0.05) is 29.6 Å². The van der Waals surface area contributed by atoms with Gasteiger partial charge in [0.1, 0.15) is 0 Å². The molecule has 10 heteroatoms. The van der Waals surface area contributed by atoms with Crippen LogP contribution in [-0.2, 0) is 23.9 Å². The Morgan fingerprint density at radius 3 is 2.74 bits per heavy atom. The van der Waals surface area contributed by atoms with Gasteiger partial charge in [0.25, 0.3) is 11.8 Å². The van der Waals surface area contributed by atoms with Crippen LogP contribution in [0.5, 0.6) is 5.75 Å². The van der Waals surface area contributed by atoms with Crippen molar-refractivity contribution < 1.29 is 27.5 Å². The number of aromatic nitrogens is 2. The van der Waals surface area contributed by atoms with E-state index in [0.717, 1.165) is 17.2 Å². The number of amides is 2. The fraction of sp³-hybridized carbons (Fsp3) is 0.280. The van der Waals surface area contributed by atoms with Crippen LogP contribution in [0.1, 0.15) is 39.7 Å². The van der Waals surface area contributed by atoms with Gasteiger partial charge in [-0.25, -0.2) is 4.98 Å². The molecule has 0 aliphatic carbocycles. The first-order chi connectivity index (χ1) is 16.6. The van der Waals surface area contributed by atoms with E-state index in [-0.39, 0.29) is 35.3 Å². The number of ether oxygens (including phenoxy) is 1. The Morgan fingerprint density at radius 1 is 1.20 bits per heavy atom. The van der Waals surface area contributed by atoms with Gasteiger partial charge >= 0.3 is 6.18 Å². The molecule has 7 nitrogen and oxygen atoms in total. The van der Waals surface area contributed by atoms with Crippen molar-refractivity contribution in [3.05, 3.63) is 70.5 Å². The van der Waals surface area contributed by atoms with Crippen LogP contribution in [0.4, 0.5) is 19.0 Å². The summed E-state index contributed by atoms with van der Waals surface area (Å²) in [6.07, 6.45) is -3.52. The van der Waals surface area contributed by atoms with Crippen molar-refractivity contribution in [1.29, 1.82) is 0 Å². The summed E-state index contributed by atoms with van der Waals surface area (Å²) < 4.78 is 47.9. The van der Waals surface area contributed by atoms with Gasteiger partial charge in [0.05, 0.1) is 17.8 Å². The molecule has 5 rings (SSSR count). The monoisotopic (exact) mass is 482 g/mol. The van der Waals surface area contributed by atoms with E-state index in [2.05, 4.69) is 15.3 Å². The molecule has 2 aliphatic rings. The molecule has 35 heavy (non-hydrogen) atoms. The number of carbonyl (C=O) groups excluding carboxylic acids is 2. The summed E-state index contributed by atoms with van der Waals surface area (Å²) in [5.41, 5.74) is 1.22. The minimum atomic E-state index is -4.74. The van der Waals surface area contributed by atoms with E-state index < -0.39 is 23.8 Å². The van der Waals surface area contributed by atoms with Gasteiger partial charge in [-0.1, -0.05) is 18.2 Å². The second-order valence-electron chi connectivity index (χ2n) is 8.51. The van der Waals surface area contributed by atoms with Gasteiger partial charge < -0.3 is 10.1 Å². The first-order valence-electron chi connectivity index (χ1n) is 11.1. The van der Waals surface area contributed by atoms with Crippen LogP contribution in [0.2, 0.25) is 0 Å². The van der Waals surface area contributed by atoms with Gasteiger partial charge in [0.2, 0.25) is 0 Å². The van der Waals surface area contributed by atoms with E-state index in [0.29, 0.717) is 24.2 Å². The number of alkyl halides is 3. The lowest BCUT2D eigenvalue weighted by molar-refractivity contribution is -0.137. The predicted octanol–water partition coefficient (Wildman–Crippen LogP) is 4.07. The number of anilines is 1. The second kappa shape index (κ2) is 8.37. The van der Waals surface area contributed by atoms with Gasteiger partial charge in [-0.3, -0.25) is 19.5 Å². The molecule has 2 aliphatic heterocycles. The number of pyridine rings is 2. The number of halogens is 3. The fourth-order valence-electron chi connectivity index (χ4n) is 4.33. The Hall–Kier alpha value is -3.95. The number of hydrogen-bond donors (Lipinski definition) is 1. The molecule has 1 atom stereocenters. The average Bonchev–Trinajstić information content (AvgIpc) is 2.82. The molecule has 1 aromatic carbocycles. The Labute approximate surface area is 199 Å². The predicted molar refractivity (Wildman–Crippen MR) is 121 cm³/mol. The third kappa shape index (κ3) is 4.09. The number of hydrogen-bond acceptors (Lipinski definition) is 5. The minimum Gasteiger partial charge on any atom is -0.477 e. The summed E-state index contributed by atoms with van der Waals surface area (Å²) in [5.74, 6) is -0.920. The van der Waals surface area contributed by atoms with Gasteiger partial charge in [0.15, 0.2) is 17.7 Å². The lowest BCUT2D eigenvalue weighted by Crippen LogP contribution is -2.44. The molecule has 1 N–H and O–H groups in total. The smallest absolute Gasteiger partial charge is 0.418 e. The number of nitrogens with one attached hydrogen (secondary N) is 1. The number of nitrogens with zero attached hydrogens (tertiary/aromatic N) is 3. The van der Waals surface area contributed by atoms with Crippen LogP contribution in [0.3, 0.4) is 0 Å². The third-order valence-electron chi connectivity index (χ3n) is 6.20. The average molecular weight is 482 g/mol. The highest BCUT2D eigenvalue weighted by atomic mass is 19.4. The van der Waals surface area contributed by atoms with Crippen molar-refractivity contribution in [3.63, 3.8) is 0 Å². The van der Waals surface area contributed by atoms with Crippen LogP contribution in [-0.4, -0.2) is 34.4 Å². The van der Waals surface area contributed by atoms with Crippen LogP contribution >= 0.6 is 0 Å². The maximum absolute atomic E-state index is 14.1. The van der Waals surface area contributed by atoms with Crippen LogP contribution in [0.25, 0.3) is 11.3 Å². The number of rotatable bonds is 3. The number of aryl methyl sites for hydroxylation is 1. The molecule has 0 spiro atoms. The molecule has 180 valence electrons. The van der Waals surface area contributed by atoms with E-state index in [4.69, 9.17) is 4.74 Å². The van der Waals surface area contributed by atoms with E-state index in [9.17, 15) is 22.8 Å². The normalized spacial score (nSPS) is 17.4. The molecular formula is C25H21F3N4O3. The summed E-state index contributed by atoms with van der Waals surface area (Å²) in [4.78, 5) is 35.2. The highest BCUT2D eigenvalue weighted by Crippen LogP contribution is 2.44. The summed E-state index contributed by atoms with van der Waals surface area (Å²) in [6, 6.07) is 8.97. The first-order valence-corrected chi connectivity index (χ1v) is 11.1. The van der Waals surface area contributed by atoms with E-state index in [1.807, 2.05) is 0 Å². The number of fused-ring (bicyclic) bond motifs is 2. The van der Waals surface area contributed by atoms with E-state index >= 15 is 0 Å². The molecular weight excluding hydrogens is 461 g/mol. The number of benzene rings is 1. The van der Waals surface area contributed by atoms with E-state index in [1.165, 1.54) is 24.0 Å². The second-order valence-corrected chi connectivity index (χ2v) is 8.51. The van der Waals surface area contributed by atoms with Crippen molar-refractivity contribution in [2.24, 2.45) is 0 Å². The van der Waals surface area contributed by atoms with Crippen LogP contribution < -0.4 is 15.0 Å². The summed E-state index contributed by atoms with van der Waals surface area (Å²) in [6.45, 7) is 3.81. The maximum atomic E-state index is 14.1.